The number of aromatic nitrogens is 2. The second-order valence-corrected chi connectivity index (χ2v) is 3.43. The first-order chi connectivity index (χ1) is 6.57. The lowest BCUT2D eigenvalue weighted by Crippen LogP contribution is -2.11. The molecule has 1 aromatic rings. The first-order valence-electron chi connectivity index (χ1n) is 4.16. The van der Waals surface area contributed by atoms with Crippen molar-refractivity contribution in [1.29, 1.82) is 0 Å². The van der Waals surface area contributed by atoms with Gasteiger partial charge in [-0.15, -0.1) is 0 Å². The third kappa shape index (κ3) is 2.01. The summed E-state index contributed by atoms with van der Waals surface area (Å²) in [5, 5.41) is 0.301. The lowest BCUT2D eigenvalue weighted by molar-refractivity contribution is 0.0592. The number of halogens is 1. The molecule has 0 fully saturated rings. The van der Waals surface area contributed by atoms with Gasteiger partial charge in [-0.05, 0) is 5.92 Å². The van der Waals surface area contributed by atoms with E-state index in [1.165, 1.54) is 13.4 Å². The highest BCUT2D eigenvalue weighted by atomic mass is 35.5. The molecule has 0 amide bonds. The molecule has 1 heterocycles. The Kier molecular flexibility index (Phi) is 3.41. The molecule has 76 valence electrons. The van der Waals surface area contributed by atoms with Gasteiger partial charge in [0.2, 0.25) is 0 Å². The zero-order valence-corrected chi connectivity index (χ0v) is 9.00. The maximum Gasteiger partial charge on any atom is 0.357 e. The first kappa shape index (κ1) is 10.9. The van der Waals surface area contributed by atoms with Gasteiger partial charge in [0, 0.05) is 5.56 Å². The zero-order valence-electron chi connectivity index (χ0n) is 8.24. The Morgan fingerprint density at radius 3 is 2.64 bits per heavy atom. The van der Waals surface area contributed by atoms with Gasteiger partial charge in [0.25, 0.3) is 0 Å². The Morgan fingerprint density at radius 2 is 2.14 bits per heavy atom. The second kappa shape index (κ2) is 4.37. The number of ether oxygens (including phenoxy) is 1. The van der Waals surface area contributed by atoms with E-state index in [-0.39, 0.29) is 11.6 Å². The van der Waals surface area contributed by atoms with Crippen molar-refractivity contribution in [3.63, 3.8) is 0 Å². The summed E-state index contributed by atoms with van der Waals surface area (Å²) in [5.41, 5.74) is 0.864. The van der Waals surface area contributed by atoms with E-state index in [9.17, 15) is 4.79 Å². The van der Waals surface area contributed by atoms with Crippen LogP contribution in [0.5, 0.6) is 0 Å². The SMILES string of the molecule is COC(=O)c1ncnc(Cl)c1C(C)C. The van der Waals surface area contributed by atoms with Crippen LogP contribution in [0.3, 0.4) is 0 Å². The topological polar surface area (TPSA) is 52.1 Å². The van der Waals surface area contributed by atoms with Gasteiger partial charge < -0.3 is 4.74 Å². The molecule has 0 aromatic carbocycles. The summed E-state index contributed by atoms with van der Waals surface area (Å²) >= 11 is 5.87. The van der Waals surface area contributed by atoms with Crippen LogP contribution >= 0.6 is 11.6 Å². The van der Waals surface area contributed by atoms with Crippen molar-refractivity contribution in [3.8, 4) is 0 Å². The minimum Gasteiger partial charge on any atom is -0.464 e. The summed E-state index contributed by atoms with van der Waals surface area (Å²) in [7, 11) is 1.31. The molecule has 0 spiro atoms. The van der Waals surface area contributed by atoms with Gasteiger partial charge in [0.15, 0.2) is 5.69 Å². The molecule has 1 rings (SSSR count). The number of hydrogen-bond donors (Lipinski definition) is 0. The van der Waals surface area contributed by atoms with E-state index in [0.717, 1.165) is 0 Å². The summed E-state index contributed by atoms with van der Waals surface area (Å²) in [6, 6.07) is 0. The molecule has 1 aromatic heterocycles. The van der Waals surface area contributed by atoms with Gasteiger partial charge in [0.05, 0.1) is 7.11 Å². The fraction of sp³-hybridized carbons (Fsp3) is 0.444. The van der Waals surface area contributed by atoms with E-state index in [1.54, 1.807) is 0 Å². The van der Waals surface area contributed by atoms with Crippen molar-refractivity contribution >= 4 is 17.6 Å². The average Bonchev–Trinajstić information content (AvgIpc) is 2.15. The molecular weight excluding hydrogens is 204 g/mol. The lowest BCUT2D eigenvalue weighted by atomic mass is 10.0. The molecule has 0 atom stereocenters. The van der Waals surface area contributed by atoms with Crippen molar-refractivity contribution in [2.45, 2.75) is 19.8 Å². The smallest absolute Gasteiger partial charge is 0.357 e. The van der Waals surface area contributed by atoms with Crippen molar-refractivity contribution < 1.29 is 9.53 Å². The molecule has 0 unspecified atom stereocenters. The summed E-state index contributed by atoms with van der Waals surface area (Å²) in [5.74, 6) is -0.407. The number of nitrogens with zero attached hydrogens (tertiary/aromatic N) is 2. The van der Waals surface area contributed by atoms with Gasteiger partial charge in [-0.25, -0.2) is 14.8 Å². The highest BCUT2D eigenvalue weighted by Crippen LogP contribution is 2.24. The number of esters is 1. The van der Waals surface area contributed by atoms with Crippen LogP contribution in [-0.4, -0.2) is 23.0 Å². The largest absolute Gasteiger partial charge is 0.464 e. The van der Waals surface area contributed by atoms with Crippen LogP contribution < -0.4 is 0 Å². The van der Waals surface area contributed by atoms with Gasteiger partial charge in [-0.3, -0.25) is 0 Å². The van der Waals surface area contributed by atoms with E-state index < -0.39 is 5.97 Å². The van der Waals surface area contributed by atoms with E-state index in [2.05, 4.69) is 14.7 Å². The third-order valence-corrected chi connectivity index (χ3v) is 2.09. The van der Waals surface area contributed by atoms with Gasteiger partial charge in [0.1, 0.15) is 11.5 Å². The van der Waals surface area contributed by atoms with Gasteiger partial charge in [-0.2, -0.15) is 0 Å². The number of methoxy groups -OCH3 is 1. The molecule has 0 saturated carbocycles. The minimum absolute atomic E-state index is 0.0813. The van der Waals surface area contributed by atoms with E-state index in [0.29, 0.717) is 10.7 Å². The molecule has 0 N–H and O–H groups in total. The quantitative estimate of drug-likeness (QED) is 0.559. The number of carbonyl (C=O) groups is 1. The highest BCUT2D eigenvalue weighted by Gasteiger charge is 2.19. The van der Waals surface area contributed by atoms with Crippen LogP contribution in [0, 0.1) is 0 Å². The van der Waals surface area contributed by atoms with Crippen LogP contribution in [-0.2, 0) is 4.74 Å². The molecule has 0 saturated heterocycles. The Balaban J connectivity index is 3.28. The number of rotatable bonds is 2. The van der Waals surface area contributed by atoms with Crippen LogP contribution in [0.25, 0.3) is 0 Å². The first-order valence-corrected chi connectivity index (χ1v) is 4.54. The molecule has 0 aliphatic heterocycles. The summed E-state index contributed by atoms with van der Waals surface area (Å²) in [6.07, 6.45) is 1.25. The maximum absolute atomic E-state index is 11.3. The molecule has 0 aliphatic carbocycles. The fourth-order valence-corrected chi connectivity index (χ4v) is 1.50. The number of carbonyl (C=O) groups excluding carboxylic acids is 1. The van der Waals surface area contributed by atoms with Crippen molar-refractivity contribution in [2.24, 2.45) is 0 Å². The monoisotopic (exact) mass is 214 g/mol. The molecule has 0 radical (unpaired) electrons. The van der Waals surface area contributed by atoms with E-state index in [4.69, 9.17) is 11.6 Å². The zero-order chi connectivity index (χ0) is 10.7. The lowest BCUT2D eigenvalue weighted by Gasteiger charge is -2.10. The Labute approximate surface area is 87.3 Å². The average molecular weight is 215 g/mol. The molecule has 4 nitrogen and oxygen atoms in total. The number of hydrogen-bond acceptors (Lipinski definition) is 4. The highest BCUT2D eigenvalue weighted by molar-refractivity contribution is 6.30. The Morgan fingerprint density at radius 1 is 1.50 bits per heavy atom. The van der Waals surface area contributed by atoms with Crippen molar-refractivity contribution in [1.82, 2.24) is 9.97 Å². The van der Waals surface area contributed by atoms with Crippen molar-refractivity contribution in [2.75, 3.05) is 7.11 Å². The van der Waals surface area contributed by atoms with Crippen LogP contribution in [0.2, 0.25) is 5.15 Å². The third-order valence-electron chi connectivity index (χ3n) is 1.79. The molecule has 14 heavy (non-hydrogen) atoms. The molecule has 0 bridgehead atoms. The predicted molar refractivity (Wildman–Crippen MR) is 52.5 cm³/mol. The fourth-order valence-electron chi connectivity index (χ4n) is 1.15. The maximum atomic E-state index is 11.3. The van der Waals surface area contributed by atoms with Gasteiger partial charge >= 0.3 is 5.97 Å². The van der Waals surface area contributed by atoms with Crippen LogP contribution in [0.4, 0.5) is 0 Å². The summed E-state index contributed by atoms with van der Waals surface area (Å²) in [4.78, 5) is 19.0. The second-order valence-electron chi connectivity index (χ2n) is 3.07. The van der Waals surface area contributed by atoms with Crippen LogP contribution in [0.15, 0.2) is 6.33 Å². The van der Waals surface area contributed by atoms with Gasteiger partial charge in [-0.1, -0.05) is 25.4 Å². The van der Waals surface area contributed by atoms with Crippen molar-refractivity contribution in [3.05, 3.63) is 22.7 Å². The normalized spacial score (nSPS) is 10.4. The standard InChI is InChI=1S/C9H11ClN2O2/c1-5(2)6-7(9(13)14-3)11-4-12-8(6)10/h4-5H,1-3H3. The molecule has 0 aliphatic rings. The summed E-state index contributed by atoms with van der Waals surface area (Å²) < 4.78 is 4.59. The molecular formula is C9H11ClN2O2. The van der Waals surface area contributed by atoms with E-state index >= 15 is 0 Å². The van der Waals surface area contributed by atoms with Crippen LogP contribution in [0.1, 0.15) is 35.8 Å². The minimum atomic E-state index is -0.488. The van der Waals surface area contributed by atoms with E-state index in [1.807, 2.05) is 13.8 Å². The molecule has 5 heteroatoms. The Bertz CT molecular complexity index is 353. The Hall–Kier alpha value is -1.16. The predicted octanol–water partition coefficient (Wildman–Crippen LogP) is 2.04. The summed E-state index contributed by atoms with van der Waals surface area (Å²) in [6.45, 7) is 3.83.